The first-order chi connectivity index (χ1) is 15.7. The lowest BCUT2D eigenvalue weighted by Gasteiger charge is -2.29. The summed E-state index contributed by atoms with van der Waals surface area (Å²) in [5, 5.41) is 5.59. The lowest BCUT2D eigenvalue weighted by atomic mass is 9.86. The molecular formula is C24H32N6OS. The highest BCUT2D eigenvalue weighted by Crippen LogP contribution is 2.42. The van der Waals surface area contributed by atoms with Crippen LogP contribution in [-0.2, 0) is 4.74 Å². The Morgan fingerprint density at radius 3 is 2.62 bits per heavy atom. The molecule has 0 aromatic carbocycles. The summed E-state index contributed by atoms with van der Waals surface area (Å²) in [5.74, 6) is 1.81. The van der Waals surface area contributed by atoms with Crippen molar-refractivity contribution in [2.45, 2.75) is 81.8 Å². The van der Waals surface area contributed by atoms with Gasteiger partial charge < -0.3 is 9.64 Å². The minimum atomic E-state index is 0.0754. The molecule has 2 saturated carbocycles. The van der Waals surface area contributed by atoms with E-state index in [9.17, 15) is 0 Å². The van der Waals surface area contributed by atoms with Crippen molar-refractivity contribution in [3.8, 4) is 0 Å². The van der Waals surface area contributed by atoms with Crippen LogP contribution in [0.4, 0.5) is 5.13 Å². The van der Waals surface area contributed by atoms with E-state index in [1.807, 2.05) is 6.20 Å². The van der Waals surface area contributed by atoms with Gasteiger partial charge in [0.1, 0.15) is 5.82 Å². The normalized spacial score (nSPS) is 24.8. The predicted molar refractivity (Wildman–Crippen MR) is 127 cm³/mol. The molecule has 8 heteroatoms. The van der Waals surface area contributed by atoms with E-state index in [-0.39, 0.29) is 6.10 Å². The molecule has 0 amide bonds. The molecule has 2 aliphatic carbocycles. The van der Waals surface area contributed by atoms with Gasteiger partial charge >= 0.3 is 0 Å². The third kappa shape index (κ3) is 3.92. The van der Waals surface area contributed by atoms with Gasteiger partial charge in [-0.05, 0) is 38.5 Å². The molecule has 0 spiro atoms. The highest BCUT2D eigenvalue weighted by molar-refractivity contribution is 7.22. The summed E-state index contributed by atoms with van der Waals surface area (Å²) < 4.78 is 9.48. The maximum atomic E-state index is 6.17. The number of ether oxygens (including phenoxy) is 1. The van der Waals surface area contributed by atoms with Gasteiger partial charge in [0, 0.05) is 44.3 Å². The Balaban J connectivity index is 1.32. The van der Waals surface area contributed by atoms with E-state index in [1.54, 1.807) is 11.3 Å². The molecular weight excluding hydrogens is 420 g/mol. The van der Waals surface area contributed by atoms with E-state index in [2.05, 4.69) is 35.0 Å². The van der Waals surface area contributed by atoms with Gasteiger partial charge in [0.05, 0.1) is 28.7 Å². The Kier molecular flexibility index (Phi) is 5.38. The predicted octanol–water partition coefficient (Wildman–Crippen LogP) is 5.37. The number of hydrogen-bond donors (Lipinski definition) is 0. The number of anilines is 1. The van der Waals surface area contributed by atoms with E-state index in [0.717, 1.165) is 36.1 Å². The van der Waals surface area contributed by atoms with Crippen molar-refractivity contribution in [1.82, 2.24) is 24.7 Å². The van der Waals surface area contributed by atoms with Gasteiger partial charge in [0.25, 0.3) is 0 Å². The summed E-state index contributed by atoms with van der Waals surface area (Å²) in [7, 11) is 4.11. The number of aromatic nitrogens is 5. The van der Waals surface area contributed by atoms with Crippen LogP contribution in [0, 0.1) is 0 Å². The number of hydrogen-bond acceptors (Lipinski definition) is 7. The molecule has 2 atom stereocenters. The quantitative estimate of drug-likeness (QED) is 0.519. The third-order valence-corrected chi connectivity index (χ3v) is 8.46. The molecule has 170 valence electrons. The summed E-state index contributed by atoms with van der Waals surface area (Å²) in [6, 6.07) is 0.600. The van der Waals surface area contributed by atoms with E-state index in [4.69, 9.17) is 19.7 Å². The molecule has 6 rings (SSSR count). The van der Waals surface area contributed by atoms with Crippen molar-refractivity contribution in [2.24, 2.45) is 0 Å². The molecule has 1 aliphatic heterocycles. The van der Waals surface area contributed by atoms with Gasteiger partial charge in [0.2, 0.25) is 0 Å². The zero-order chi connectivity index (χ0) is 21.7. The van der Waals surface area contributed by atoms with Gasteiger partial charge in [-0.2, -0.15) is 10.1 Å². The van der Waals surface area contributed by atoms with Gasteiger partial charge in [-0.25, -0.2) is 9.97 Å². The van der Waals surface area contributed by atoms with E-state index in [0.29, 0.717) is 17.9 Å². The molecule has 0 N–H and O–H groups in total. The molecule has 3 aliphatic rings. The van der Waals surface area contributed by atoms with E-state index >= 15 is 0 Å². The Bertz CT molecular complexity index is 1100. The van der Waals surface area contributed by atoms with E-state index in [1.165, 1.54) is 60.9 Å². The second kappa shape index (κ2) is 8.37. The third-order valence-electron chi connectivity index (χ3n) is 7.22. The first-order valence-electron chi connectivity index (χ1n) is 12.2. The lowest BCUT2D eigenvalue weighted by molar-refractivity contribution is 0.00391. The van der Waals surface area contributed by atoms with Crippen molar-refractivity contribution >= 4 is 26.8 Å². The number of thiazole rings is 1. The van der Waals surface area contributed by atoms with Crippen LogP contribution in [0.25, 0.3) is 10.3 Å². The SMILES string of the molecule is CN(C)c1nc2nc([C@@H]3CCO[C@@H](c4cnn(C5CC5)c4)C3)nc(C3CCCCC3)c2s1. The van der Waals surface area contributed by atoms with Crippen molar-refractivity contribution < 1.29 is 4.74 Å². The number of nitrogens with zero attached hydrogens (tertiary/aromatic N) is 6. The first-order valence-corrected chi connectivity index (χ1v) is 13.0. The maximum Gasteiger partial charge on any atom is 0.187 e. The van der Waals surface area contributed by atoms with Crippen molar-refractivity contribution in [3.63, 3.8) is 0 Å². The fourth-order valence-electron chi connectivity index (χ4n) is 5.20. The average molecular weight is 453 g/mol. The van der Waals surface area contributed by atoms with Crippen LogP contribution >= 0.6 is 11.3 Å². The minimum absolute atomic E-state index is 0.0754. The summed E-state index contributed by atoms with van der Waals surface area (Å²) in [5.41, 5.74) is 3.33. The van der Waals surface area contributed by atoms with Crippen LogP contribution in [0.2, 0.25) is 0 Å². The van der Waals surface area contributed by atoms with Crippen molar-refractivity contribution in [1.29, 1.82) is 0 Å². The summed E-state index contributed by atoms with van der Waals surface area (Å²) in [6.07, 6.45) is 15.0. The average Bonchev–Trinajstić information content (AvgIpc) is 3.38. The van der Waals surface area contributed by atoms with Crippen LogP contribution in [0.5, 0.6) is 0 Å². The lowest BCUT2D eigenvalue weighted by Crippen LogP contribution is -2.21. The van der Waals surface area contributed by atoms with Crippen molar-refractivity contribution in [3.05, 3.63) is 29.5 Å². The highest BCUT2D eigenvalue weighted by atomic mass is 32.1. The van der Waals surface area contributed by atoms with Crippen LogP contribution in [-0.4, -0.2) is 45.4 Å². The smallest absolute Gasteiger partial charge is 0.187 e. The van der Waals surface area contributed by atoms with E-state index < -0.39 is 0 Å². The topological polar surface area (TPSA) is 69.0 Å². The Morgan fingerprint density at radius 2 is 1.84 bits per heavy atom. The zero-order valence-electron chi connectivity index (χ0n) is 19.0. The summed E-state index contributed by atoms with van der Waals surface area (Å²) >= 11 is 1.74. The Hall–Kier alpha value is -2.06. The largest absolute Gasteiger partial charge is 0.373 e. The molecule has 3 fully saturated rings. The van der Waals surface area contributed by atoms with Gasteiger partial charge in [-0.15, -0.1) is 0 Å². The summed E-state index contributed by atoms with van der Waals surface area (Å²) in [4.78, 5) is 17.2. The van der Waals surface area contributed by atoms with Crippen LogP contribution in [0.1, 0.15) is 98.9 Å². The fourth-order valence-corrected chi connectivity index (χ4v) is 6.20. The standard InChI is InChI=1S/C24H32N6OS/c1-29(2)24-28-23-21(32-24)20(15-6-4-3-5-7-15)26-22(27-23)16-10-11-31-19(12-16)17-13-25-30(14-17)18-8-9-18/h13-16,18-19H,3-12H2,1-2H3/t16-,19-/m1/s1. The zero-order valence-corrected chi connectivity index (χ0v) is 19.9. The summed E-state index contributed by atoms with van der Waals surface area (Å²) in [6.45, 7) is 0.740. The highest BCUT2D eigenvalue weighted by Gasteiger charge is 2.32. The molecule has 0 radical (unpaired) electrons. The monoisotopic (exact) mass is 452 g/mol. The molecule has 0 bridgehead atoms. The first kappa shape index (κ1) is 20.5. The molecule has 4 heterocycles. The van der Waals surface area contributed by atoms with Crippen molar-refractivity contribution in [2.75, 3.05) is 25.6 Å². The number of fused-ring (bicyclic) bond motifs is 1. The second-order valence-electron chi connectivity index (χ2n) is 9.91. The van der Waals surface area contributed by atoms with Crippen LogP contribution < -0.4 is 4.90 Å². The van der Waals surface area contributed by atoms with Crippen LogP contribution in [0.3, 0.4) is 0 Å². The van der Waals surface area contributed by atoms with Crippen LogP contribution in [0.15, 0.2) is 12.4 Å². The maximum absolute atomic E-state index is 6.17. The number of rotatable bonds is 5. The van der Waals surface area contributed by atoms with Gasteiger partial charge in [-0.3, -0.25) is 4.68 Å². The molecule has 1 saturated heterocycles. The molecule has 3 aromatic heterocycles. The molecule has 0 unspecified atom stereocenters. The molecule has 7 nitrogen and oxygen atoms in total. The Morgan fingerprint density at radius 1 is 1.00 bits per heavy atom. The Labute approximate surface area is 193 Å². The fraction of sp³-hybridized carbons (Fsp3) is 0.667. The minimum Gasteiger partial charge on any atom is -0.373 e. The second-order valence-corrected chi connectivity index (χ2v) is 10.9. The van der Waals surface area contributed by atoms with Gasteiger partial charge in [0.15, 0.2) is 10.8 Å². The molecule has 3 aromatic rings. The molecule has 32 heavy (non-hydrogen) atoms. The van der Waals surface area contributed by atoms with Gasteiger partial charge in [-0.1, -0.05) is 30.6 Å².